The van der Waals surface area contributed by atoms with Gasteiger partial charge in [-0.05, 0) is 48.9 Å². The fourth-order valence-electron chi connectivity index (χ4n) is 5.35. The molecule has 1 saturated heterocycles. The molecule has 2 aliphatic carbocycles. The van der Waals surface area contributed by atoms with Crippen LogP contribution in [0.15, 0.2) is 0 Å². The van der Waals surface area contributed by atoms with Gasteiger partial charge < -0.3 is 10.6 Å². The molecule has 0 aromatic heterocycles. The highest BCUT2D eigenvalue weighted by Crippen LogP contribution is 2.65. The SMILES string of the molecule is CCC1(CC)NC(=O)N(CC(=O)NC2CC3CCC2(C)C3(C)C)C1=O. The number of nitrogens with one attached hydrogen (secondary N) is 2. The van der Waals surface area contributed by atoms with Crippen LogP contribution in [-0.2, 0) is 9.59 Å². The molecule has 3 fully saturated rings. The van der Waals surface area contributed by atoms with Gasteiger partial charge in [-0.25, -0.2) is 4.79 Å². The fourth-order valence-corrected chi connectivity index (χ4v) is 5.35. The van der Waals surface area contributed by atoms with Crippen LogP contribution in [0.3, 0.4) is 0 Å². The van der Waals surface area contributed by atoms with Crippen LogP contribution in [0, 0.1) is 16.7 Å². The molecule has 6 nitrogen and oxygen atoms in total. The van der Waals surface area contributed by atoms with E-state index < -0.39 is 11.6 Å². The van der Waals surface area contributed by atoms with Gasteiger partial charge >= 0.3 is 6.03 Å². The zero-order valence-electron chi connectivity index (χ0n) is 16.1. The molecule has 0 aromatic rings. The Kier molecular flexibility index (Phi) is 4.16. The van der Waals surface area contributed by atoms with E-state index in [4.69, 9.17) is 0 Å². The number of fused-ring (bicyclic) bond motifs is 2. The molecule has 4 amide bonds. The van der Waals surface area contributed by atoms with E-state index in [-0.39, 0.29) is 35.2 Å². The van der Waals surface area contributed by atoms with Gasteiger partial charge in [-0.15, -0.1) is 0 Å². The van der Waals surface area contributed by atoms with Crippen LogP contribution in [0.4, 0.5) is 4.79 Å². The van der Waals surface area contributed by atoms with Crippen LogP contribution in [0.2, 0.25) is 0 Å². The van der Waals surface area contributed by atoms with Crippen molar-refractivity contribution >= 4 is 17.8 Å². The van der Waals surface area contributed by atoms with E-state index in [1.54, 1.807) is 0 Å². The Balaban J connectivity index is 1.66. The number of carbonyl (C=O) groups excluding carboxylic acids is 3. The Morgan fingerprint density at radius 2 is 1.88 bits per heavy atom. The maximum atomic E-state index is 12.6. The van der Waals surface area contributed by atoms with Gasteiger partial charge in [-0.1, -0.05) is 34.6 Å². The highest BCUT2D eigenvalue weighted by molar-refractivity contribution is 6.09. The minimum atomic E-state index is -0.849. The highest BCUT2D eigenvalue weighted by Gasteiger charge is 2.61. The van der Waals surface area contributed by atoms with E-state index in [0.29, 0.717) is 18.8 Å². The van der Waals surface area contributed by atoms with Crippen LogP contribution in [0.5, 0.6) is 0 Å². The number of carbonyl (C=O) groups is 3. The minimum absolute atomic E-state index is 0.0845. The second kappa shape index (κ2) is 5.71. The lowest BCUT2D eigenvalue weighted by Crippen LogP contribution is -2.51. The van der Waals surface area contributed by atoms with Crippen molar-refractivity contribution in [2.24, 2.45) is 16.7 Å². The molecule has 2 saturated carbocycles. The maximum Gasteiger partial charge on any atom is 0.325 e. The molecule has 25 heavy (non-hydrogen) atoms. The van der Waals surface area contributed by atoms with Crippen molar-refractivity contribution in [2.45, 2.75) is 78.3 Å². The van der Waals surface area contributed by atoms with Crippen molar-refractivity contribution in [2.75, 3.05) is 6.54 Å². The summed E-state index contributed by atoms with van der Waals surface area (Å²) >= 11 is 0. The molecule has 140 valence electrons. The van der Waals surface area contributed by atoms with Gasteiger partial charge in [0.15, 0.2) is 0 Å². The van der Waals surface area contributed by atoms with Gasteiger partial charge in [0.2, 0.25) is 5.91 Å². The average molecular weight is 349 g/mol. The third kappa shape index (κ3) is 2.40. The van der Waals surface area contributed by atoms with Crippen LogP contribution in [0.1, 0.15) is 66.7 Å². The first kappa shape index (κ1) is 18.2. The summed E-state index contributed by atoms with van der Waals surface area (Å²) in [6, 6.07) is -0.333. The highest BCUT2D eigenvalue weighted by atomic mass is 16.2. The number of urea groups is 1. The summed E-state index contributed by atoms with van der Waals surface area (Å²) in [6.45, 7) is 10.4. The number of nitrogens with zero attached hydrogens (tertiary/aromatic N) is 1. The van der Waals surface area contributed by atoms with Crippen LogP contribution < -0.4 is 10.6 Å². The second-order valence-electron chi connectivity index (χ2n) is 8.84. The predicted octanol–water partition coefficient (Wildman–Crippen LogP) is 2.43. The molecule has 3 aliphatic rings. The summed E-state index contributed by atoms with van der Waals surface area (Å²) < 4.78 is 0. The Labute approximate surface area is 150 Å². The Hall–Kier alpha value is -1.59. The van der Waals surface area contributed by atoms with E-state index >= 15 is 0 Å². The van der Waals surface area contributed by atoms with Crippen molar-refractivity contribution in [3.8, 4) is 0 Å². The van der Waals surface area contributed by atoms with E-state index in [1.165, 1.54) is 6.42 Å². The van der Waals surface area contributed by atoms with Crippen molar-refractivity contribution in [3.63, 3.8) is 0 Å². The normalized spacial score (nSPS) is 35.2. The van der Waals surface area contributed by atoms with Crippen molar-refractivity contribution in [1.82, 2.24) is 15.5 Å². The summed E-state index contributed by atoms with van der Waals surface area (Å²) in [4.78, 5) is 38.5. The number of amides is 4. The van der Waals surface area contributed by atoms with Crippen molar-refractivity contribution in [1.29, 1.82) is 0 Å². The predicted molar refractivity (Wildman–Crippen MR) is 94.7 cm³/mol. The quantitative estimate of drug-likeness (QED) is 0.748. The van der Waals surface area contributed by atoms with E-state index in [2.05, 4.69) is 31.4 Å². The van der Waals surface area contributed by atoms with Crippen LogP contribution in [0.25, 0.3) is 0 Å². The molecular weight excluding hydrogens is 318 g/mol. The largest absolute Gasteiger partial charge is 0.351 e. The summed E-state index contributed by atoms with van der Waals surface area (Å²) in [7, 11) is 0. The van der Waals surface area contributed by atoms with Gasteiger partial charge in [0.1, 0.15) is 12.1 Å². The molecule has 3 atom stereocenters. The molecule has 3 rings (SSSR count). The standard InChI is InChI=1S/C19H31N3O3/c1-6-19(7-2)15(24)22(16(25)21-19)11-14(23)20-13-10-12-8-9-18(13,5)17(12,3)4/h12-13H,6-11H2,1-5H3,(H,20,23)(H,21,25). The monoisotopic (exact) mass is 349 g/mol. The van der Waals surface area contributed by atoms with Crippen LogP contribution >= 0.6 is 0 Å². The molecule has 6 heteroatoms. The number of imide groups is 1. The lowest BCUT2D eigenvalue weighted by atomic mass is 9.69. The molecule has 2 N–H and O–H groups in total. The number of rotatable bonds is 5. The molecule has 0 aromatic carbocycles. The molecule has 1 heterocycles. The molecular formula is C19H31N3O3. The first-order valence-corrected chi connectivity index (χ1v) is 9.55. The average Bonchev–Trinajstić information content (AvgIpc) is 3.01. The van der Waals surface area contributed by atoms with Crippen molar-refractivity contribution in [3.05, 3.63) is 0 Å². The molecule has 1 aliphatic heterocycles. The van der Waals surface area contributed by atoms with Gasteiger partial charge in [0, 0.05) is 6.04 Å². The number of hydrogen-bond donors (Lipinski definition) is 2. The summed E-state index contributed by atoms with van der Waals surface area (Å²) in [5.41, 5.74) is -0.551. The van der Waals surface area contributed by atoms with Gasteiger partial charge in [0.05, 0.1) is 0 Å². The van der Waals surface area contributed by atoms with Gasteiger partial charge in [-0.3, -0.25) is 14.5 Å². The first-order valence-electron chi connectivity index (χ1n) is 9.55. The van der Waals surface area contributed by atoms with Crippen molar-refractivity contribution < 1.29 is 14.4 Å². The van der Waals surface area contributed by atoms with E-state index in [9.17, 15) is 14.4 Å². The zero-order valence-corrected chi connectivity index (χ0v) is 16.1. The van der Waals surface area contributed by atoms with E-state index in [0.717, 1.165) is 17.7 Å². The molecule has 2 bridgehead atoms. The topological polar surface area (TPSA) is 78.5 Å². The Bertz CT molecular complexity index is 611. The molecule has 0 radical (unpaired) electrons. The van der Waals surface area contributed by atoms with Crippen LogP contribution in [-0.4, -0.2) is 40.9 Å². The van der Waals surface area contributed by atoms with Gasteiger partial charge in [-0.2, -0.15) is 0 Å². The summed E-state index contributed by atoms with van der Waals surface area (Å²) in [6.07, 6.45) is 4.39. The minimum Gasteiger partial charge on any atom is -0.351 e. The second-order valence-corrected chi connectivity index (χ2v) is 8.84. The summed E-state index contributed by atoms with van der Waals surface area (Å²) in [5.74, 6) is 0.116. The first-order chi connectivity index (χ1) is 11.6. The smallest absolute Gasteiger partial charge is 0.325 e. The van der Waals surface area contributed by atoms with Gasteiger partial charge in [0.25, 0.3) is 5.91 Å². The number of hydrogen-bond acceptors (Lipinski definition) is 3. The molecule has 3 unspecified atom stereocenters. The summed E-state index contributed by atoms with van der Waals surface area (Å²) in [5, 5.41) is 5.90. The third-order valence-corrected chi connectivity index (χ3v) is 7.88. The zero-order chi connectivity index (χ0) is 18.6. The maximum absolute atomic E-state index is 12.6. The fraction of sp³-hybridized carbons (Fsp3) is 0.842. The lowest BCUT2D eigenvalue weighted by Gasteiger charge is -2.39. The Morgan fingerprint density at radius 1 is 1.24 bits per heavy atom. The third-order valence-electron chi connectivity index (χ3n) is 7.88. The lowest BCUT2D eigenvalue weighted by molar-refractivity contribution is -0.135. The van der Waals surface area contributed by atoms with E-state index in [1.807, 2.05) is 13.8 Å². The molecule has 0 spiro atoms. The Morgan fingerprint density at radius 3 is 2.32 bits per heavy atom.